The summed E-state index contributed by atoms with van der Waals surface area (Å²) in [5, 5.41) is 2.80. The summed E-state index contributed by atoms with van der Waals surface area (Å²) >= 11 is 0. The number of anilines is 1. The van der Waals surface area contributed by atoms with Crippen molar-refractivity contribution in [3.8, 4) is 5.75 Å². The van der Waals surface area contributed by atoms with E-state index in [1.54, 1.807) is 36.1 Å². The number of amides is 2. The number of benzene rings is 2. The summed E-state index contributed by atoms with van der Waals surface area (Å²) < 4.78 is 5.38. The molecule has 1 aliphatic heterocycles. The predicted molar refractivity (Wildman–Crippen MR) is 102 cm³/mol. The van der Waals surface area contributed by atoms with Gasteiger partial charge in [0.25, 0.3) is 5.91 Å². The third kappa shape index (κ3) is 3.87. The molecule has 2 aromatic rings. The van der Waals surface area contributed by atoms with Gasteiger partial charge in [0.15, 0.2) is 0 Å². The second kappa shape index (κ2) is 8.04. The molecule has 0 bridgehead atoms. The molecule has 5 nitrogen and oxygen atoms in total. The molecule has 1 N–H and O–H groups in total. The van der Waals surface area contributed by atoms with Crippen LogP contribution in [0.2, 0.25) is 0 Å². The fourth-order valence-corrected chi connectivity index (χ4v) is 3.21. The first kappa shape index (κ1) is 18.0. The minimum absolute atomic E-state index is 0.0866. The van der Waals surface area contributed by atoms with Crippen molar-refractivity contribution in [1.82, 2.24) is 5.32 Å². The molecule has 1 aliphatic rings. The fourth-order valence-electron chi connectivity index (χ4n) is 3.21. The average molecular weight is 352 g/mol. The van der Waals surface area contributed by atoms with E-state index < -0.39 is 6.04 Å². The van der Waals surface area contributed by atoms with Crippen LogP contribution in [0.3, 0.4) is 0 Å². The summed E-state index contributed by atoms with van der Waals surface area (Å²) in [6, 6.07) is 14.3. The van der Waals surface area contributed by atoms with Gasteiger partial charge in [0.1, 0.15) is 11.8 Å². The van der Waals surface area contributed by atoms with Crippen LogP contribution in [-0.4, -0.2) is 31.0 Å². The third-order valence-electron chi connectivity index (χ3n) is 4.52. The zero-order chi connectivity index (χ0) is 18.5. The average Bonchev–Trinajstić information content (AvgIpc) is 2.67. The number of para-hydroxylation sites is 1. The van der Waals surface area contributed by atoms with Crippen LogP contribution in [-0.2, 0) is 11.2 Å². The van der Waals surface area contributed by atoms with Gasteiger partial charge >= 0.3 is 0 Å². The lowest BCUT2D eigenvalue weighted by Crippen LogP contribution is -2.48. The quantitative estimate of drug-likeness (QED) is 0.899. The van der Waals surface area contributed by atoms with Gasteiger partial charge in [-0.05, 0) is 62.6 Å². The van der Waals surface area contributed by atoms with Gasteiger partial charge < -0.3 is 15.0 Å². The molecule has 26 heavy (non-hydrogen) atoms. The second-order valence-electron chi connectivity index (χ2n) is 6.37. The lowest BCUT2D eigenvalue weighted by molar-refractivity contribution is -0.120. The summed E-state index contributed by atoms with van der Waals surface area (Å²) in [7, 11) is 0. The summed E-state index contributed by atoms with van der Waals surface area (Å²) in [5.74, 6) is 0.369. The Morgan fingerprint density at radius 1 is 1.15 bits per heavy atom. The third-order valence-corrected chi connectivity index (χ3v) is 4.52. The summed E-state index contributed by atoms with van der Waals surface area (Å²) in [6.07, 6.45) is 1.91. The van der Waals surface area contributed by atoms with Crippen molar-refractivity contribution >= 4 is 17.5 Å². The number of rotatable bonds is 5. The van der Waals surface area contributed by atoms with Gasteiger partial charge in [-0.1, -0.05) is 18.2 Å². The van der Waals surface area contributed by atoms with E-state index in [0.29, 0.717) is 18.7 Å². The highest BCUT2D eigenvalue weighted by Gasteiger charge is 2.27. The molecule has 0 saturated carbocycles. The van der Waals surface area contributed by atoms with Crippen LogP contribution < -0.4 is 15.0 Å². The number of nitrogens with one attached hydrogen (secondary N) is 1. The van der Waals surface area contributed by atoms with Crippen molar-refractivity contribution in [1.29, 1.82) is 0 Å². The van der Waals surface area contributed by atoms with E-state index in [1.807, 2.05) is 25.1 Å². The highest BCUT2D eigenvalue weighted by atomic mass is 16.5. The van der Waals surface area contributed by atoms with Crippen molar-refractivity contribution in [2.75, 3.05) is 18.1 Å². The first-order valence-corrected chi connectivity index (χ1v) is 9.03. The Hall–Kier alpha value is -2.82. The molecule has 0 radical (unpaired) electrons. The van der Waals surface area contributed by atoms with E-state index in [-0.39, 0.29) is 11.8 Å². The molecule has 1 unspecified atom stereocenters. The van der Waals surface area contributed by atoms with Crippen LogP contribution in [0.5, 0.6) is 5.75 Å². The molecule has 0 aliphatic carbocycles. The molecule has 3 rings (SSSR count). The lowest BCUT2D eigenvalue weighted by Gasteiger charge is -2.31. The van der Waals surface area contributed by atoms with Gasteiger partial charge in [-0.2, -0.15) is 0 Å². The number of hydrogen-bond acceptors (Lipinski definition) is 3. The Balaban J connectivity index is 1.67. The van der Waals surface area contributed by atoms with Crippen molar-refractivity contribution in [2.24, 2.45) is 0 Å². The van der Waals surface area contributed by atoms with Crippen LogP contribution in [0.15, 0.2) is 48.5 Å². The minimum atomic E-state index is -0.597. The van der Waals surface area contributed by atoms with Crippen LogP contribution in [0, 0.1) is 0 Å². The first-order chi connectivity index (χ1) is 12.6. The summed E-state index contributed by atoms with van der Waals surface area (Å²) in [5.41, 5.74) is 2.63. The zero-order valence-corrected chi connectivity index (χ0v) is 15.2. The van der Waals surface area contributed by atoms with Crippen molar-refractivity contribution < 1.29 is 14.3 Å². The van der Waals surface area contributed by atoms with E-state index in [0.717, 1.165) is 24.3 Å². The van der Waals surface area contributed by atoms with E-state index >= 15 is 0 Å². The van der Waals surface area contributed by atoms with Gasteiger partial charge in [0, 0.05) is 17.8 Å². The maximum atomic E-state index is 12.9. The Bertz CT molecular complexity index is 786. The predicted octanol–water partition coefficient (Wildman–Crippen LogP) is 3.18. The molecule has 0 aromatic heterocycles. The van der Waals surface area contributed by atoms with E-state index in [4.69, 9.17) is 4.74 Å². The van der Waals surface area contributed by atoms with Crippen molar-refractivity contribution in [2.45, 2.75) is 32.7 Å². The molecule has 2 aromatic carbocycles. The topological polar surface area (TPSA) is 58.6 Å². The maximum absolute atomic E-state index is 12.9. The number of hydrogen-bond donors (Lipinski definition) is 1. The van der Waals surface area contributed by atoms with Gasteiger partial charge in [-0.3, -0.25) is 9.59 Å². The SMILES string of the molecule is CCOc1ccc(C(=O)NC(C)C(=O)N2CCCc3ccccc32)cc1. The largest absolute Gasteiger partial charge is 0.494 e. The van der Waals surface area contributed by atoms with E-state index in [9.17, 15) is 9.59 Å². The number of nitrogens with zero attached hydrogens (tertiary/aromatic N) is 1. The molecule has 0 saturated heterocycles. The van der Waals surface area contributed by atoms with Crippen molar-refractivity contribution in [3.63, 3.8) is 0 Å². The smallest absolute Gasteiger partial charge is 0.251 e. The molecule has 5 heteroatoms. The molecule has 1 atom stereocenters. The molecule has 2 amide bonds. The number of ether oxygens (including phenoxy) is 1. The molecule has 1 heterocycles. The molecular weight excluding hydrogens is 328 g/mol. The van der Waals surface area contributed by atoms with E-state index in [1.165, 1.54) is 5.56 Å². The fraction of sp³-hybridized carbons (Fsp3) is 0.333. The Morgan fingerprint density at radius 3 is 2.62 bits per heavy atom. The van der Waals surface area contributed by atoms with E-state index in [2.05, 4.69) is 11.4 Å². The summed E-state index contributed by atoms with van der Waals surface area (Å²) in [6.45, 7) is 4.90. The molecule has 0 fully saturated rings. The molecule has 0 spiro atoms. The number of carbonyl (C=O) groups is 2. The minimum Gasteiger partial charge on any atom is -0.494 e. The molecular formula is C21H24N2O3. The highest BCUT2D eigenvalue weighted by molar-refractivity contribution is 6.02. The number of carbonyl (C=O) groups excluding carboxylic acids is 2. The van der Waals surface area contributed by atoms with Gasteiger partial charge in [-0.15, -0.1) is 0 Å². The molecule has 136 valence electrons. The summed E-state index contributed by atoms with van der Waals surface area (Å²) in [4.78, 5) is 27.1. The standard InChI is InChI=1S/C21H24N2O3/c1-3-26-18-12-10-17(11-13-18)20(24)22-15(2)21(25)23-14-6-8-16-7-4-5-9-19(16)23/h4-5,7,9-13,15H,3,6,8,14H2,1-2H3,(H,22,24). The normalized spacial score (nSPS) is 14.3. The van der Waals surface area contributed by atoms with Gasteiger partial charge in [0.2, 0.25) is 5.91 Å². The van der Waals surface area contributed by atoms with Crippen molar-refractivity contribution in [3.05, 3.63) is 59.7 Å². The maximum Gasteiger partial charge on any atom is 0.251 e. The number of fused-ring (bicyclic) bond motifs is 1. The van der Waals surface area contributed by atoms with Crippen LogP contribution in [0.25, 0.3) is 0 Å². The van der Waals surface area contributed by atoms with Crippen LogP contribution in [0.4, 0.5) is 5.69 Å². The Kier molecular flexibility index (Phi) is 5.56. The van der Waals surface area contributed by atoms with Crippen LogP contribution >= 0.6 is 0 Å². The number of aryl methyl sites for hydroxylation is 1. The Labute approximate surface area is 154 Å². The first-order valence-electron chi connectivity index (χ1n) is 9.03. The zero-order valence-electron chi connectivity index (χ0n) is 15.2. The van der Waals surface area contributed by atoms with Gasteiger partial charge in [0.05, 0.1) is 6.61 Å². The second-order valence-corrected chi connectivity index (χ2v) is 6.37. The highest BCUT2D eigenvalue weighted by Crippen LogP contribution is 2.27. The Morgan fingerprint density at radius 2 is 1.88 bits per heavy atom. The monoisotopic (exact) mass is 352 g/mol. The lowest BCUT2D eigenvalue weighted by atomic mass is 10.0. The van der Waals surface area contributed by atoms with Gasteiger partial charge in [-0.25, -0.2) is 0 Å². The van der Waals surface area contributed by atoms with Crippen LogP contribution in [0.1, 0.15) is 36.2 Å².